The Labute approximate surface area is 116 Å². The third-order valence-electron chi connectivity index (χ3n) is 3.57. The minimum Gasteiger partial charge on any atom is -0.481 e. The summed E-state index contributed by atoms with van der Waals surface area (Å²) in [6, 6.07) is 9.45. The molecule has 1 aliphatic heterocycles. The van der Waals surface area contributed by atoms with Crippen molar-refractivity contribution in [2.45, 2.75) is 13.0 Å². The van der Waals surface area contributed by atoms with Gasteiger partial charge in [0.05, 0.1) is 13.2 Å². The SMILES string of the molecule is O=C(O)N1CC[C@@](COCc2ccccc2)(C(=O)O)C1. The molecule has 1 heterocycles. The summed E-state index contributed by atoms with van der Waals surface area (Å²) in [5, 5.41) is 18.3. The number of amides is 1. The number of likely N-dealkylation sites (tertiary alicyclic amines) is 1. The highest BCUT2D eigenvalue weighted by Gasteiger charge is 2.46. The highest BCUT2D eigenvalue weighted by Crippen LogP contribution is 2.31. The van der Waals surface area contributed by atoms with Crippen LogP contribution in [-0.2, 0) is 16.1 Å². The predicted molar refractivity (Wildman–Crippen MR) is 70.4 cm³/mol. The Morgan fingerprint density at radius 3 is 2.50 bits per heavy atom. The molecule has 0 radical (unpaired) electrons. The Morgan fingerprint density at radius 2 is 1.95 bits per heavy atom. The Balaban J connectivity index is 1.94. The molecular weight excluding hydrogens is 262 g/mol. The van der Waals surface area contributed by atoms with Gasteiger partial charge in [-0.05, 0) is 12.0 Å². The van der Waals surface area contributed by atoms with E-state index in [-0.39, 0.29) is 26.1 Å². The van der Waals surface area contributed by atoms with E-state index in [4.69, 9.17) is 9.84 Å². The maximum absolute atomic E-state index is 11.4. The predicted octanol–water partition coefficient (Wildman–Crippen LogP) is 1.66. The molecule has 2 N–H and O–H groups in total. The lowest BCUT2D eigenvalue weighted by Crippen LogP contribution is -2.40. The maximum atomic E-state index is 11.4. The van der Waals surface area contributed by atoms with Gasteiger partial charge in [-0.3, -0.25) is 4.79 Å². The van der Waals surface area contributed by atoms with Gasteiger partial charge >= 0.3 is 12.1 Å². The highest BCUT2D eigenvalue weighted by molar-refractivity contribution is 5.77. The van der Waals surface area contributed by atoms with Gasteiger partial charge in [-0.25, -0.2) is 4.79 Å². The molecule has 1 fully saturated rings. The van der Waals surface area contributed by atoms with Crippen LogP contribution in [0.3, 0.4) is 0 Å². The van der Waals surface area contributed by atoms with Crippen molar-refractivity contribution in [1.29, 1.82) is 0 Å². The molecule has 108 valence electrons. The van der Waals surface area contributed by atoms with E-state index in [1.54, 1.807) is 0 Å². The third-order valence-corrected chi connectivity index (χ3v) is 3.57. The van der Waals surface area contributed by atoms with Gasteiger partial charge in [-0.15, -0.1) is 0 Å². The number of nitrogens with zero attached hydrogens (tertiary/aromatic N) is 1. The van der Waals surface area contributed by atoms with Crippen LogP contribution >= 0.6 is 0 Å². The average molecular weight is 279 g/mol. The van der Waals surface area contributed by atoms with Crippen molar-refractivity contribution in [3.8, 4) is 0 Å². The number of ether oxygens (including phenoxy) is 1. The third kappa shape index (κ3) is 3.08. The maximum Gasteiger partial charge on any atom is 0.407 e. The van der Waals surface area contributed by atoms with E-state index in [0.717, 1.165) is 10.5 Å². The number of rotatable bonds is 5. The van der Waals surface area contributed by atoms with Crippen LogP contribution in [0, 0.1) is 5.41 Å². The highest BCUT2D eigenvalue weighted by atomic mass is 16.5. The van der Waals surface area contributed by atoms with Gasteiger partial charge in [-0.1, -0.05) is 30.3 Å². The normalized spacial score (nSPS) is 21.9. The lowest BCUT2D eigenvalue weighted by molar-refractivity contribution is -0.152. The summed E-state index contributed by atoms with van der Waals surface area (Å²) < 4.78 is 5.50. The standard InChI is InChI=1S/C14H17NO5/c16-12(17)14(6-7-15(9-14)13(18)19)10-20-8-11-4-2-1-3-5-11/h1-5H,6-10H2,(H,16,17)(H,18,19)/t14-/m1/s1. The number of hydrogen-bond donors (Lipinski definition) is 2. The van der Waals surface area contributed by atoms with Crippen LogP contribution in [0.25, 0.3) is 0 Å². The van der Waals surface area contributed by atoms with E-state index in [1.165, 1.54) is 0 Å². The Hall–Kier alpha value is -2.08. The van der Waals surface area contributed by atoms with Crippen molar-refractivity contribution in [3.05, 3.63) is 35.9 Å². The summed E-state index contributed by atoms with van der Waals surface area (Å²) in [6.45, 7) is 0.548. The van der Waals surface area contributed by atoms with Crippen LogP contribution in [0.5, 0.6) is 0 Å². The fourth-order valence-corrected chi connectivity index (χ4v) is 2.33. The Morgan fingerprint density at radius 1 is 1.25 bits per heavy atom. The second kappa shape index (κ2) is 5.92. The Bertz CT molecular complexity index is 490. The van der Waals surface area contributed by atoms with E-state index in [9.17, 15) is 14.7 Å². The second-order valence-corrected chi connectivity index (χ2v) is 5.02. The van der Waals surface area contributed by atoms with Crippen LogP contribution in [0.1, 0.15) is 12.0 Å². The fraction of sp³-hybridized carbons (Fsp3) is 0.429. The zero-order chi connectivity index (χ0) is 14.6. The zero-order valence-electron chi connectivity index (χ0n) is 11.0. The van der Waals surface area contributed by atoms with E-state index < -0.39 is 17.5 Å². The number of carboxylic acids is 1. The van der Waals surface area contributed by atoms with Crippen LogP contribution in [0.4, 0.5) is 4.79 Å². The van der Waals surface area contributed by atoms with E-state index >= 15 is 0 Å². The summed E-state index contributed by atoms with van der Waals surface area (Å²) in [6.07, 6.45) is -0.806. The number of carbonyl (C=O) groups is 2. The van der Waals surface area contributed by atoms with E-state index in [2.05, 4.69) is 0 Å². The first-order chi connectivity index (χ1) is 9.53. The van der Waals surface area contributed by atoms with Crippen LogP contribution in [0.2, 0.25) is 0 Å². The second-order valence-electron chi connectivity index (χ2n) is 5.02. The summed E-state index contributed by atoms with van der Waals surface area (Å²) in [7, 11) is 0. The van der Waals surface area contributed by atoms with E-state index in [1.807, 2.05) is 30.3 Å². The molecule has 1 amide bonds. The van der Waals surface area contributed by atoms with Gasteiger partial charge in [-0.2, -0.15) is 0 Å². The number of aliphatic carboxylic acids is 1. The minimum atomic E-state index is -1.13. The monoisotopic (exact) mass is 279 g/mol. The molecule has 1 atom stereocenters. The van der Waals surface area contributed by atoms with Crippen molar-refractivity contribution in [2.75, 3.05) is 19.7 Å². The Kier molecular flexibility index (Phi) is 4.24. The molecule has 1 saturated heterocycles. The van der Waals surface area contributed by atoms with Crippen LogP contribution < -0.4 is 0 Å². The van der Waals surface area contributed by atoms with Gasteiger partial charge < -0.3 is 19.8 Å². The number of benzene rings is 1. The zero-order valence-corrected chi connectivity index (χ0v) is 11.0. The van der Waals surface area contributed by atoms with Gasteiger partial charge in [0.1, 0.15) is 5.41 Å². The number of carboxylic acid groups (broad SMARTS) is 2. The van der Waals surface area contributed by atoms with Gasteiger partial charge in [0.2, 0.25) is 0 Å². The van der Waals surface area contributed by atoms with Crippen molar-refractivity contribution >= 4 is 12.1 Å². The fourth-order valence-electron chi connectivity index (χ4n) is 2.33. The molecule has 1 aliphatic rings. The van der Waals surface area contributed by atoms with Crippen molar-refractivity contribution < 1.29 is 24.5 Å². The van der Waals surface area contributed by atoms with Gasteiger partial charge in [0.15, 0.2) is 0 Å². The van der Waals surface area contributed by atoms with Crippen molar-refractivity contribution in [1.82, 2.24) is 4.90 Å². The van der Waals surface area contributed by atoms with Crippen LogP contribution in [0.15, 0.2) is 30.3 Å². The lowest BCUT2D eigenvalue weighted by atomic mass is 9.88. The molecule has 0 aliphatic carbocycles. The molecule has 2 rings (SSSR count). The molecule has 1 aromatic rings. The molecule has 1 aromatic carbocycles. The largest absolute Gasteiger partial charge is 0.481 e. The average Bonchev–Trinajstić information content (AvgIpc) is 2.86. The van der Waals surface area contributed by atoms with Gasteiger partial charge in [0.25, 0.3) is 0 Å². The van der Waals surface area contributed by atoms with Crippen LogP contribution in [-0.4, -0.2) is 46.9 Å². The van der Waals surface area contributed by atoms with Crippen molar-refractivity contribution in [2.24, 2.45) is 5.41 Å². The van der Waals surface area contributed by atoms with Gasteiger partial charge in [0, 0.05) is 13.1 Å². The first-order valence-corrected chi connectivity index (χ1v) is 6.36. The molecular formula is C14H17NO5. The molecule has 6 nitrogen and oxygen atoms in total. The first kappa shape index (κ1) is 14.3. The smallest absolute Gasteiger partial charge is 0.407 e. The molecule has 0 bridgehead atoms. The molecule has 0 spiro atoms. The van der Waals surface area contributed by atoms with Crippen molar-refractivity contribution in [3.63, 3.8) is 0 Å². The quantitative estimate of drug-likeness (QED) is 0.856. The first-order valence-electron chi connectivity index (χ1n) is 6.36. The molecule has 0 saturated carbocycles. The molecule has 0 unspecified atom stereocenters. The molecule has 20 heavy (non-hydrogen) atoms. The summed E-state index contributed by atoms with van der Waals surface area (Å²) in [4.78, 5) is 23.5. The molecule has 6 heteroatoms. The molecule has 0 aromatic heterocycles. The topological polar surface area (TPSA) is 87.1 Å². The van der Waals surface area contributed by atoms with E-state index in [0.29, 0.717) is 6.61 Å². The minimum absolute atomic E-state index is 0.0149. The summed E-state index contributed by atoms with van der Waals surface area (Å²) in [5.74, 6) is -1.01. The summed E-state index contributed by atoms with van der Waals surface area (Å²) >= 11 is 0. The lowest BCUT2D eigenvalue weighted by Gasteiger charge is -2.23. The summed E-state index contributed by atoms with van der Waals surface area (Å²) in [5.41, 5.74) is -0.172. The number of hydrogen-bond acceptors (Lipinski definition) is 3.